The first-order chi connectivity index (χ1) is 22.7. The van der Waals surface area contributed by atoms with E-state index in [0.717, 1.165) is 0 Å². The Balaban J connectivity index is 1.36. The van der Waals surface area contributed by atoms with Crippen LogP contribution in [0.25, 0.3) is 17.1 Å². The molecule has 16 heteroatoms. The maximum Gasteiger partial charge on any atom is 0.407 e. The van der Waals surface area contributed by atoms with Gasteiger partial charge in [0, 0.05) is 63.0 Å². The Kier molecular flexibility index (Phi) is 9.96. The zero-order chi connectivity index (χ0) is 34.9. The van der Waals surface area contributed by atoms with Crippen LogP contribution < -0.4 is 5.32 Å². The van der Waals surface area contributed by atoms with Crippen LogP contribution in [0.4, 0.5) is 4.79 Å². The second kappa shape index (κ2) is 13.8. The van der Waals surface area contributed by atoms with E-state index in [-0.39, 0.29) is 77.0 Å². The lowest BCUT2D eigenvalue weighted by atomic mass is 9.96. The summed E-state index contributed by atoms with van der Waals surface area (Å²) in [4.78, 5) is 40.6. The van der Waals surface area contributed by atoms with Crippen molar-refractivity contribution in [3.05, 3.63) is 47.8 Å². The third-order valence-corrected chi connectivity index (χ3v) is 10.8. The number of hydrogen-bond acceptors (Lipinski definition) is 9. The molecule has 2 aliphatic rings. The van der Waals surface area contributed by atoms with Crippen LogP contribution in [-0.4, -0.2) is 116 Å². The number of carbonyl (C=O) groups is 3. The van der Waals surface area contributed by atoms with Crippen molar-refractivity contribution in [2.75, 3.05) is 39.3 Å². The number of nitrogens with zero attached hydrogens (tertiary/aromatic N) is 6. The van der Waals surface area contributed by atoms with Crippen molar-refractivity contribution in [3.63, 3.8) is 0 Å². The molecule has 0 bridgehead atoms. The number of phenolic OH excluding ortho intramolecular Hbond substituents is 2. The first-order valence-electron chi connectivity index (χ1n) is 15.9. The molecule has 2 aromatic carbocycles. The summed E-state index contributed by atoms with van der Waals surface area (Å²) in [5.41, 5.74) is 1.15. The molecule has 5 rings (SSSR count). The number of amides is 3. The Hall–Kier alpha value is -4.70. The third kappa shape index (κ3) is 6.67. The van der Waals surface area contributed by atoms with Gasteiger partial charge in [-0.25, -0.2) is 13.2 Å². The first kappa shape index (κ1) is 34.6. The van der Waals surface area contributed by atoms with Gasteiger partial charge in [-0.15, -0.1) is 10.2 Å². The Morgan fingerprint density at radius 1 is 0.979 bits per heavy atom. The fourth-order valence-electron chi connectivity index (χ4n) is 6.28. The minimum Gasteiger partial charge on any atom is -0.508 e. The Bertz CT molecular complexity index is 1800. The van der Waals surface area contributed by atoms with Gasteiger partial charge in [0.15, 0.2) is 5.82 Å². The lowest BCUT2D eigenvalue weighted by Gasteiger charge is -2.40. The number of rotatable bonds is 8. The van der Waals surface area contributed by atoms with Crippen LogP contribution in [0, 0.1) is 5.92 Å². The summed E-state index contributed by atoms with van der Waals surface area (Å²) in [5, 5.41) is 41.4. The SMILES string of the molecule is CCNC(=O)c1nnc(-c2cc(C(C)C)c(O)cc2O)n1-c1ccc(S(=O)(=O)N2CCC(C(=O)N3CCN(C(=O)O)C(C)C3)CC2)cc1. The standard InChI is InChI=1S/C32H41N7O8S/c1-5-33-30(42)29-35-34-28(25-16-24(19(2)3)26(40)17-27(25)41)39(29)22-6-8-23(9-7-22)48(46,47)37-12-10-21(11-13-37)31(43)36-14-15-38(32(44)45)20(4)18-36/h6-9,16-17,19-21,40-41H,5,10-15,18H2,1-4H3,(H,33,42)(H,44,45). The Morgan fingerprint density at radius 2 is 1.65 bits per heavy atom. The smallest absolute Gasteiger partial charge is 0.407 e. The second-order valence-electron chi connectivity index (χ2n) is 12.4. The van der Waals surface area contributed by atoms with E-state index in [2.05, 4.69) is 15.5 Å². The highest BCUT2D eigenvalue weighted by Gasteiger charge is 2.37. The molecule has 3 amide bonds. The van der Waals surface area contributed by atoms with Gasteiger partial charge in [0.2, 0.25) is 21.8 Å². The van der Waals surface area contributed by atoms with Gasteiger partial charge in [0.25, 0.3) is 5.91 Å². The van der Waals surface area contributed by atoms with Crippen molar-refractivity contribution in [1.29, 1.82) is 0 Å². The molecule has 0 aliphatic carbocycles. The van der Waals surface area contributed by atoms with E-state index in [1.54, 1.807) is 24.8 Å². The number of carboxylic acid groups (broad SMARTS) is 1. The van der Waals surface area contributed by atoms with Crippen molar-refractivity contribution < 1.29 is 38.1 Å². The second-order valence-corrected chi connectivity index (χ2v) is 14.3. The summed E-state index contributed by atoms with van der Waals surface area (Å²) >= 11 is 0. The molecule has 1 atom stereocenters. The molecule has 15 nitrogen and oxygen atoms in total. The molecule has 3 heterocycles. The van der Waals surface area contributed by atoms with E-state index >= 15 is 0 Å². The fraction of sp³-hybridized carbons (Fsp3) is 0.469. The quantitative estimate of drug-likeness (QED) is 0.274. The van der Waals surface area contributed by atoms with Crippen molar-refractivity contribution in [2.45, 2.75) is 57.4 Å². The number of sulfonamides is 1. The molecule has 258 valence electrons. The highest BCUT2D eigenvalue weighted by atomic mass is 32.2. The molecule has 2 aliphatic heterocycles. The predicted octanol–water partition coefficient (Wildman–Crippen LogP) is 2.83. The number of aromatic hydroxyl groups is 2. The van der Waals surface area contributed by atoms with Crippen molar-refractivity contribution in [2.24, 2.45) is 5.92 Å². The molecule has 48 heavy (non-hydrogen) atoms. The summed E-state index contributed by atoms with van der Waals surface area (Å²) in [7, 11) is -3.92. The van der Waals surface area contributed by atoms with Crippen molar-refractivity contribution >= 4 is 27.9 Å². The molecule has 1 aromatic heterocycles. The average Bonchev–Trinajstić information content (AvgIpc) is 3.49. The molecule has 2 fully saturated rings. The van der Waals surface area contributed by atoms with Gasteiger partial charge >= 0.3 is 6.09 Å². The van der Waals surface area contributed by atoms with Gasteiger partial charge in [-0.05, 0) is 68.5 Å². The number of piperidine rings is 1. The number of benzene rings is 2. The fourth-order valence-corrected chi connectivity index (χ4v) is 7.75. The maximum atomic E-state index is 13.6. The zero-order valence-corrected chi connectivity index (χ0v) is 28.1. The van der Waals surface area contributed by atoms with E-state index in [1.165, 1.54) is 44.1 Å². The van der Waals surface area contributed by atoms with Crippen LogP contribution in [0.15, 0.2) is 41.3 Å². The van der Waals surface area contributed by atoms with Crippen molar-refractivity contribution in [3.8, 4) is 28.6 Å². The molecule has 4 N–H and O–H groups in total. The lowest BCUT2D eigenvalue weighted by molar-refractivity contribution is -0.139. The summed E-state index contributed by atoms with van der Waals surface area (Å²) in [5.74, 6) is -1.36. The predicted molar refractivity (Wildman–Crippen MR) is 174 cm³/mol. The van der Waals surface area contributed by atoms with Gasteiger partial charge in [0.05, 0.1) is 10.5 Å². The summed E-state index contributed by atoms with van der Waals surface area (Å²) in [6, 6.07) is 8.37. The summed E-state index contributed by atoms with van der Waals surface area (Å²) in [6.07, 6.45) is -0.321. The number of hydrogen-bond donors (Lipinski definition) is 4. The van der Waals surface area contributed by atoms with Gasteiger partial charge in [-0.3, -0.25) is 14.2 Å². The van der Waals surface area contributed by atoms with Gasteiger partial charge in [-0.2, -0.15) is 4.31 Å². The molecular weight excluding hydrogens is 642 g/mol. The van der Waals surface area contributed by atoms with Gasteiger partial charge in [0.1, 0.15) is 11.5 Å². The van der Waals surface area contributed by atoms with Crippen LogP contribution in [0.1, 0.15) is 62.6 Å². The van der Waals surface area contributed by atoms with Crippen LogP contribution in [0.3, 0.4) is 0 Å². The molecular formula is C32H41N7O8S. The van der Waals surface area contributed by atoms with E-state index in [0.29, 0.717) is 43.7 Å². The number of piperazine rings is 1. The topological polar surface area (TPSA) is 198 Å². The molecule has 3 aromatic rings. The van der Waals surface area contributed by atoms with E-state index in [1.807, 2.05) is 13.8 Å². The largest absolute Gasteiger partial charge is 0.508 e. The lowest BCUT2D eigenvalue weighted by Crippen LogP contribution is -2.56. The van der Waals surface area contributed by atoms with Crippen LogP contribution >= 0.6 is 0 Å². The van der Waals surface area contributed by atoms with E-state index < -0.39 is 22.0 Å². The van der Waals surface area contributed by atoms with Crippen molar-refractivity contribution in [1.82, 2.24) is 34.2 Å². The molecule has 0 saturated carbocycles. The maximum absolute atomic E-state index is 13.6. The third-order valence-electron chi connectivity index (χ3n) is 8.93. The van der Waals surface area contributed by atoms with Crippen LogP contribution in [0.5, 0.6) is 11.5 Å². The minimum atomic E-state index is -3.92. The Morgan fingerprint density at radius 3 is 2.23 bits per heavy atom. The normalized spacial score (nSPS) is 17.9. The Labute approximate surface area is 278 Å². The van der Waals surface area contributed by atoms with E-state index in [9.17, 15) is 38.1 Å². The first-order valence-corrected chi connectivity index (χ1v) is 17.4. The summed E-state index contributed by atoms with van der Waals surface area (Å²) < 4.78 is 30.1. The van der Waals surface area contributed by atoms with Gasteiger partial charge < -0.3 is 30.4 Å². The molecule has 1 unspecified atom stereocenters. The van der Waals surface area contributed by atoms with Crippen LogP contribution in [-0.2, 0) is 14.8 Å². The van der Waals surface area contributed by atoms with Crippen LogP contribution in [0.2, 0.25) is 0 Å². The minimum absolute atomic E-state index is 0.0263. The number of carbonyl (C=O) groups excluding carboxylic acids is 2. The highest BCUT2D eigenvalue weighted by molar-refractivity contribution is 7.89. The van der Waals surface area contributed by atoms with Gasteiger partial charge in [-0.1, -0.05) is 13.8 Å². The highest BCUT2D eigenvalue weighted by Crippen LogP contribution is 2.38. The number of nitrogens with one attached hydrogen (secondary N) is 1. The summed E-state index contributed by atoms with van der Waals surface area (Å²) in [6.45, 7) is 8.75. The number of phenols is 2. The monoisotopic (exact) mass is 683 g/mol. The molecule has 0 radical (unpaired) electrons. The molecule has 0 spiro atoms. The average molecular weight is 684 g/mol. The van der Waals surface area contributed by atoms with E-state index in [4.69, 9.17) is 0 Å². The number of aromatic nitrogens is 3. The molecule has 2 saturated heterocycles. The zero-order valence-electron chi connectivity index (χ0n) is 27.3.